The molecule has 0 saturated heterocycles. The van der Waals surface area contributed by atoms with Gasteiger partial charge in [-0.05, 0) is 25.1 Å². The highest BCUT2D eigenvalue weighted by molar-refractivity contribution is 5.99. The van der Waals surface area contributed by atoms with Gasteiger partial charge in [0.1, 0.15) is 5.82 Å². The highest BCUT2D eigenvalue weighted by atomic mass is 15.3. The Morgan fingerprint density at radius 1 is 1.21 bits per heavy atom. The lowest BCUT2D eigenvalue weighted by Crippen LogP contribution is -1.97. The van der Waals surface area contributed by atoms with Crippen LogP contribution in [0.3, 0.4) is 0 Å². The molecule has 3 N–H and O–H groups in total. The number of hydrogen-bond acceptors (Lipinski definition) is 4. The fourth-order valence-electron chi connectivity index (χ4n) is 2.18. The van der Waals surface area contributed by atoms with Crippen molar-refractivity contribution in [1.82, 2.24) is 14.8 Å². The number of anilines is 3. The molecule has 0 aliphatic heterocycles. The summed E-state index contributed by atoms with van der Waals surface area (Å²) in [6.45, 7) is 1.96. The number of rotatable bonds is 2. The van der Waals surface area contributed by atoms with E-state index in [0.29, 0.717) is 5.82 Å². The molecule has 0 aliphatic carbocycles. The summed E-state index contributed by atoms with van der Waals surface area (Å²) in [4.78, 5) is 4.53. The smallest absolute Gasteiger partial charge is 0.157 e. The van der Waals surface area contributed by atoms with Crippen molar-refractivity contribution in [3.8, 4) is 0 Å². The van der Waals surface area contributed by atoms with Crippen LogP contribution < -0.4 is 11.1 Å². The molecule has 5 nitrogen and oxygen atoms in total. The van der Waals surface area contributed by atoms with Crippen LogP contribution in [0.1, 0.15) is 5.69 Å². The average molecular weight is 253 g/mol. The molecule has 0 atom stereocenters. The number of nitrogen functional groups attached to an aromatic ring is 1. The highest BCUT2D eigenvalue weighted by Gasteiger charge is 2.13. The summed E-state index contributed by atoms with van der Waals surface area (Å²) in [5.74, 6) is 1.23. The van der Waals surface area contributed by atoms with Crippen molar-refractivity contribution < 1.29 is 0 Å². The van der Waals surface area contributed by atoms with Crippen LogP contribution in [0.25, 0.3) is 10.9 Å². The molecule has 5 heteroatoms. The number of benzene rings is 1. The Kier molecular flexibility index (Phi) is 2.59. The molecular formula is C14H15N5. The molecule has 3 aromatic rings. The summed E-state index contributed by atoms with van der Waals surface area (Å²) in [5, 5.41) is 8.40. The van der Waals surface area contributed by atoms with Crippen molar-refractivity contribution in [3.63, 3.8) is 0 Å². The first-order valence-corrected chi connectivity index (χ1v) is 6.07. The van der Waals surface area contributed by atoms with Gasteiger partial charge in [-0.1, -0.05) is 18.2 Å². The molecule has 3 rings (SSSR count). The number of aromatic nitrogens is 3. The van der Waals surface area contributed by atoms with Crippen LogP contribution in [0.15, 0.2) is 36.4 Å². The highest BCUT2D eigenvalue weighted by Crippen LogP contribution is 2.29. The van der Waals surface area contributed by atoms with Gasteiger partial charge in [0, 0.05) is 18.4 Å². The van der Waals surface area contributed by atoms with Gasteiger partial charge < -0.3 is 11.1 Å². The monoisotopic (exact) mass is 253 g/mol. The van der Waals surface area contributed by atoms with Crippen LogP contribution in [-0.4, -0.2) is 14.8 Å². The summed E-state index contributed by atoms with van der Waals surface area (Å²) in [6, 6.07) is 11.9. The molecule has 2 heterocycles. The Hall–Kier alpha value is -2.56. The van der Waals surface area contributed by atoms with Crippen molar-refractivity contribution in [2.45, 2.75) is 6.92 Å². The Morgan fingerprint density at radius 2 is 1.95 bits per heavy atom. The van der Waals surface area contributed by atoms with Gasteiger partial charge in [0.15, 0.2) is 5.82 Å². The quantitative estimate of drug-likeness (QED) is 0.736. The average Bonchev–Trinajstić information content (AvgIpc) is 2.66. The van der Waals surface area contributed by atoms with E-state index in [1.165, 1.54) is 0 Å². The zero-order valence-electron chi connectivity index (χ0n) is 10.9. The number of fused-ring (bicyclic) bond motifs is 1. The molecule has 96 valence electrons. The van der Waals surface area contributed by atoms with Gasteiger partial charge in [0.05, 0.1) is 10.9 Å². The van der Waals surface area contributed by atoms with Crippen LogP contribution in [-0.2, 0) is 7.05 Å². The third-order valence-electron chi connectivity index (χ3n) is 3.03. The van der Waals surface area contributed by atoms with E-state index in [0.717, 1.165) is 28.1 Å². The summed E-state index contributed by atoms with van der Waals surface area (Å²) in [7, 11) is 1.88. The molecule has 1 aromatic carbocycles. The van der Waals surface area contributed by atoms with Gasteiger partial charge >= 0.3 is 0 Å². The minimum absolute atomic E-state index is 0.489. The molecule has 2 aromatic heterocycles. The van der Waals surface area contributed by atoms with E-state index in [4.69, 9.17) is 5.73 Å². The van der Waals surface area contributed by atoms with Gasteiger partial charge in [-0.2, -0.15) is 5.10 Å². The molecule has 19 heavy (non-hydrogen) atoms. The fourth-order valence-corrected chi connectivity index (χ4v) is 2.18. The third-order valence-corrected chi connectivity index (χ3v) is 3.03. The van der Waals surface area contributed by atoms with E-state index >= 15 is 0 Å². The minimum atomic E-state index is 0.489. The van der Waals surface area contributed by atoms with Crippen LogP contribution >= 0.6 is 0 Å². The van der Waals surface area contributed by atoms with Crippen molar-refractivity contribution in [2.75, 3.05) is 11.1 Å². The standard InChI is InChI=1S/C14H15N5/c1-9-8-11-12(13(15)18-19(11)2)14(16-9)17-10-6-4-3-5-7-10/h3-8H,1-2H3,(H2,15,18)(H,16,17). The Morgan fingerprint density at radius 3 is 2.68 bits per heavy atom. The zero-order chi connectivity index (χ0) is 13.4. The lowest BCUT2D eigenvalue weighted by atomic mass is 10.2. The second-order valence-electron chi connectivity index (χ2n) is 4.51. The number of para-hydroxylation sites is 1. The molecule has 0 unspecified atom stereocenters. The number of nitrogens with one attached hydrogen (secondary N) is 1. The van der Waals surface area contributed by atoms with E-state index in [2.05, 4.69) is 15.4 Å². The van der Waals surface area contributed by atoms with Gasteiger partial charge in [0.2, 0.25) is 0 Å². The van der Waals surface area contributed by atoms with Gasteiger partial charge in [-0.15, -0.1) is 0 Å². The lowest BCUT2D eigenvalue weighted by Gasteiger charge is -2.08. The Bertz CT molecular complexity index is 730. The first kappa shape index (κ1) is 11.5. The maximum Gasteiger partial charge on any atom is 0.157 e. The summed E-state index contributed by atoms with van der Waals surface area (Å²) >= 11 is 0. The number of aryl methyl sites for hydroxylation is 2. The molecule has 0 fully saturated rings. The fraction of sp³-hybridized carbons (Fsp3) is 0.143. The van der Waals surface area contributed by atoms with Crippen LogP contribution in [0.5, 0.6) is 0 Å². The zero-order valence-corrected chi connectivity index (χ0v) is 10.9. The predicted octanol–water partition coefficient (Wildman–Crippen LogP) is 2.60. The van der Waals surface area contributed by atoms with Crippen molar-refractivity contribution in [1.29, 1.82) is 0 Å². The van der Waals surface area contributed by atoms with Crippen molar-refractivity contribution in [3.05, 3.63) is 42.1 Å². The topological polar surface area (TPSA) is 68.8 Å². The van der Waals surface area contributed by atoms with Crippen LogP contribution in [0.4, 0.5) is 17.3 Å². The van der Waals surface area contributed by atoms with E-state index in [1.54, 1.807) is 4.68 Å². The number of nitrogens with two attached hydrogens (primary N) is 1. The Balaban J connectivity index is 2.17. The molecule has 0 spiro atoms. The number of nitrogens with zero attached hydrogens (tertiary/aromatic N) is 3. The third kappa shape index (κ3) is 1.99. The minimum Gasteiger partial charge on any atom is -0.382 e. The second kappa shape index (κ2) is 4.28. The first-order valence-electron chi connectivity index (χ1n) is 6.07. The Labute approximate surface area is 111 Å². The lowest BCUT2D eigenvalue weighted by molar-refractivity contribution is 0.801. The normalized spacial score (nSPS) is 10.8. The van der Waals surface area contributed by atoms with Gasteiger partial charge in [0.25, 0.3) is 0 Å². The SMILES string of the molecule is Cc1cc2c(c(N)nn2C)c(Nc2ccccc2)n1. The van der Waals surface area contributed by atoms with Crippen molar-refractivity contribution >= 4 is 28.2 Å². The first-order chi connectivity index (χ1) is 9.15. The maximum absolute atomic E-state index is 5.97. The van der Waals surface area contributed by atoms with E-state index in [1.807, 2.05) is 50.4 Å². The summed E-state index contributed by atoms with van der Waals surface area (Å²) in [5.41, 5.74) is 8.85. The van der Waals surface area contributed by atoms with E-state index in [-0.39, 0.29) is 0 Å². The predicted molar refractivity (Wildman–Crippen MR) is 77.4 cm³/mol. The molecule has 0 bridgehead atoms. The van der Waals surface area contributed by atoms with Crippen LogP contribution in [0, 0.1) is 6.92 Å². The number of hydrogen-bond donors (Lipinski definition) is 2. The van der Waals surface area contributed by atoms with Gasteiger partial charge in [-0.25, -0.2) is 4.98 Å². The summed E-state index contributed by atoms with van der Waals surface area (Å²) < 4.78 is 1.77. The van der Waals surface area contributed by atoms with Crippen molar-refractivity contribution in [2.24, 2.45) is 7.05 Å². The molecule has 0 amide bonds. The molecular weight excluding hydrogens is 238 g/mol. The van der Waals surface area contributed by atoms with Gasteiger partial charge in [-0.3, -0.25) is 4.68 Å². The molecule has 0 saturated carbocycles. The van der Waals surface area contributed by atoms with E-state index in [9.17, 15) is 0 Å². The largest absolute Gasteiger partial charge is 0.382 e. The summed E-state index contributed by atoms with van der Waals surface area (Å²) in [6.07, 6.45) is 0. The maximum atomic E-state index is 5.97. The molecule has 0 aliphatic rings. The molecule has 0 radical (unpaired) electrons. The number of pyridine rings is 1. The second-order valence-corrected chi connectivity index (χ2v) is 4.51. The van der Waals surface area contributed by atoms with Crippen LogP contribution in [0.2, 0.25) is 0 Å². The van der Waals surface area contributed by atoms with E-state index < -0.39 is 0 Å².